The fourth-order valence-electron chi connectivity index (χ4n) is 9.86. The van der Waals surface area contributed by atoms with E-state index in [0.29, 0.717) is 0 Å². The predicted molar refractivity (Wildman–Crippen MR) is 160 cm³/mol. The Morgan fingerprint density at radius 2 is 0.975 bits per heavy atom. The molecule has 3 aliphatic carbocycles. The molecular formula is C38H34O2. The van der Waals surface area contributed by atoms with Crippen molar-refractivity contribution in [2.75, 3.05) is 0 Å². The Balaban J connectivity index is 1.68. The summed E-state index contributed by atoms with van der Waals surface area (Å²) in [5, 5.41) is 0. The van der Waals surface area contributed by atoms with Crippen LogP contribution in [0.5, 0.6) is 0 Å². The van der Waals surface area contributed by atoms with Gasteiger partial charge < -0.3 is 0 Å². The molecule has 2 heteroatoms. The molecule has 0 radical (unpaired) electrons. The van der Waals surface area contributed by atoms with E-state index >= 15 is 4.79 Å². The first-order valence-corrected chi connectivity index (χ1v) is 14.3. The van der Waals surface area contributed by atoms with E-state index in [1.165, 1.54) is 0 Å². The number of benzene rings is 4. The highest BCUT2D eigenvalue weighted by Gasteiger charge is 2.90. The highest BCUT2D eigenvalue weighted by atomic mass is 16.1. The molecule has 4 aromatic rings. The van der Waals surface area contributed by atoms with Gasteiger partial charge in [-0.2, -0.15) is 0 Å². The van der Waals surface area contributed by atoms with Gasteiger partial charge >= 0.3 is 0 Å². The Bertz CT molecular complexity index is 1670. The Morgan fingerprint density at radius 3 is 1.48 bits per heavy atom. The average Bonchev–Trinajstić information content (AvgIpc) is 3.37. The Kier molecular flexibility index (Phi) is 5.14. The molecule has 3 aliphatic rings. The first-order valence-electron chi connectivity index (χ1n) is 14.3. The van der Waals surface area contributed by atoms with Gasteiger partial charge in [0.1, 0.15) is 5.78 Å². The maximum absolute atomic E-state index is 15.4. The maximum Gasteiger partial charge on any atom is 0.167 e. The standard InChI is InChI=1S/C38H34O2/c1-25-30(26-17-9-5-10-18-26)38(29-23-15-8-16-24-29)36(3)32(28-21-13-7-14-22-28)31(27-19-11-6-12-20-27)35(2,34(36)40)37(38,4)33(25)39/h5-24,31-32H,1-4H3. The molecule has 2 nitrogen and oxygen atoms in total. The van der Waals surface area contributed by atoms with Crippen molar-refractivity contribution in [3.8, 4) is 0 Å². The number of carbonyl (C=O) groups is 2. The normalized spacial score (nSPS) is 34.4. The summed E-state index contributed by atoms with van der Waals surface area (Å²) in [6.45, 7) is 8.39. The monoisotopic (exact) mass is 522 g/mol. The van der Waals surface area contributed by atoms with E-state index in [2.05, 4.69) is 106 Å². The third-order valence-electron chi connectivity index (χ3n) is 11.2. The molecule has 7 rings (SSSR count). The molecule has 198 valence electrons. The quantitative estimate of drug-likeness (QED) is 0.271. The summed E-state index contributed by atoms with van der Waals surface area (Å²) in [6.07, 6.45) is 0. The smallest absolute Gasteiger partial charge is 0.167 e. The van der Waals surface area contributed by atoms with Crippen LogP contribution in [-0.2, 0) is 15.0 Å². The minimum Gasteiger partial charge on any atom is -0.298 e. The Hall–Kier alpha value is -4.04. The van der Waals surface area contributed by atoms with Gasteiger partial charge in [-0.3, -0.25) is 9.59 Å². The summed E-state index contributed by atoms with van der Waals surface area (Å²) in [7, 11) is 0. The zero-order valence-corrected chi connectivity index (χ0v) is 23.5. The highest BCUT2D eigenvalue weighted by molar-refractivity contribution is 6.23. The Morgan fingerprint density at radius 1 is 0.550 bits per heavy atom. The zero-order chi connectivity index (χ0) is 27.9. The van der Waals surface area contributed by atoms with Crippen LogP contribution in [-0.4, -0.2) is 11.6 Å². The van der Waals surface area contributed by atoms with Crippen molar-refractivity contribution in [3.63, 3.8) is 0 Å². The maximum atomic E-state index is 15.4. The second-order valence-electron chi connectivity index (χ2n) is 12.4. The third kappa shape index (κ3) is 2.52. The number of fused-ring (bicyclic) bond motifs is 5. The third-order valence-corrected chi connectivity index (χ3v) is 11.2. The lowest BCUT2D eigenvalue weighted by Crippen LogP contribution is -2.60. The van der Waals surface area contributed by atoms with E-state index < -0.39 is 21.7 Å². The SMILES string of the molecule is CC1=C(c2ccccc2)C2(c3ccccc3)C3(C)C(=O)C(C)(C(c4ccccc4)C3c3ccccc3)C2(C)C1=O. The fourth-order valence-corrected chi connectivity index (χ4v) is 9.86. The molecule has 0 N–H and O–H groups in total. The van der Waals surface area contributed by atoms with Crippen molar-refractivity contribution >= 4 is 17.1 Å². The largest absolute Gasteiger partial charge is 0.298 e. The van der Waals surface area contributed by atoms with E-state index in [1.54, 1.807) is 0 Å². The zero-order valence-electron chi connectivity index (χ0n) is 23.5. The van der Waals surface area contributed by atoms with Gasteiger partial charge in [-0.05, 0) is 40.3 Å². The van der Waals surface area contributed by atoms with E-state index in [0.717, 1.165) is 33.4 Å². The van der Waals surface area contributed by atoms with Crippen LogP contribution in [0.2, 0.25) is 0 Å². The Labute approximate surface area is 236 Å². The number of carbonyl (C=O) groups excluding carboxylic acids is 2. The molecule has 0 spiro atoms. The van der Waals surface area contributed by atoms with Crippen LogP contribution in [0.4, 0.5) is 0 Å². The van der Waals surface area contributed by atoms with E-state index in [9.17, 15) is 4.79 Å². The lowest BCUT2D eigenvalue weighted by Gasteiger charge is -2.59. The van der Waals surface area contributed by atoms with Crippen molar-refractivity contribution in [1.82, 2.24) is 0 Å². The van der Waals surface area contributed by atoms with Gasteiger partial charge in [0.2, 0.25) is 0 Å². The van der Waals surface area contributed by atoms with Crippen molar-refractivity contribution in [2.24, 2.45) is 16.2 Å². The molecule has 6 unspecified atom stereocenters. The van der Waals surface area contributed by atoms with Gasteiger partial charge in [-0.15, -0.1) is 0 Å². The molecule has 4 aromatic carbocycles. The lowest BCUT2D eigenvalue weighted by atomic mass is 9.40. The van der Waals surface area contributed by atoms with Crippen LogP contribution < -0.4 is 0 Å². The minimum atomic E-state index is -0.978. The van der Waals surface area contributed by atoms with Crippen LogP contribution in [0.15, 0.2) is 127 Å². The van der Waals surface area contributed by atoms with Gasteiger partial charge in [-0.25, -0.2) is 0 Å². The molecule has 2 fully saturated rings. The topological polar surface area (TPSA) is 34.1 Å². The van der Waals surface area contributed by atoms with E-state index in [1.807, 2.05) is 43.3 Å². The van der Waals surface area contributed by atoms with Crippen LogP contribution in [0.1, 0.15) is 61.8 Å². The van der Waals surface area contributed by atoms with E-state index in [-0.39, 0.29) is 23.4 Å². The lowest BCUT2D eigenvalue weighted by molar-refractivity contribution is -0.139. The second-order valence-corrected chi connectivity index (χ2v) is 12.4. The van der Waals surface area contributed by atoms with Crippen molar-refractivity contribution in [1.29, 1.82) is 0 Å². The average molecular weight is 523 g/mol. The minimum absolute atomic E-state index is 0.0993. The number of hydrogen-bond acceptors (Lipinski definition) is 2. The molecule has 2 bridgehead atoms. The molecule has 0 aromatic heterocycles. The summed E-state index contributed by atoms with van der Waals surface area (Å²) < 4.78 is 0. The van der Waals surface area contributed by atoms with Gasteiger partial charge in [0, 0.05) is 28.1 Å². The summed E-state index contributed by atoms with van der Waals surface area (Å²) in [4.78, 5) is 30.4. The summed E-state index contributed by atoms with van der Waals surface area (Å²) in [5.41, 5.74) is 2.49. The molecule has 0 heterocycles. The summed E-state index contributed by atoms with van der Waals surface area (Å²) in [5.74, 6) is 0.0205. The molecule has 6 atom stereocenters. The first kappa shape index (κ1) is 25.0. The van der Waals surface area contributed by atoms with Gasteiger partial charge in [0.05, 0.1) is 5.41 Å². The number of hydrogen-bond donors (Lipinski definition) is 0. The molecule has 40 heavy (non-hydrogen) atoms. The van der Waals surface area contributed by atoms with Crippen LogP contribution in [0, 0.1) is 16.2 Å². The fraction of sp³-hybridized carbons (Fsp3) is 0.263. The van der Waals surface area contributed by atoms with Gasteiger partial charge in [0.25, 0.3) is 0 Å². The van der Waals surface area contributed by atoms with Crippen molar-refractivity contribution < 1.29 is 9.59 Å². The van der Waals surface area contributed by atoms with Crippen LogP contribution in [0.3, 0.4) is 0 Å². The van der Waals surface area contributed by atoms with Crippen molar-refractivity contribution in [2.45, 2.75) is 44.9 Å². The summed E-state index contributed by atoms with van der Waals surface area (Å²) in [6, 6.07) is 41.7. The second kappa shape index (κ2) is 8.24. The van der Waals surface area contributed by atoms with Crippen molar-refractivity contribution in [3.05, 3.63) is 149 Å². The first-order chi connectivity index (χ1) is 19.3. The summed E-state index contributed by atoms with van der Waals surface area (Å²) >= 11 is 0. The molecule has 2 saturated carbocycles. The molecule has 0 amide bonds. The van der Waals surface area contributed by atoms with Crippen LogP contribution in [0.25, 0.3) is 5.57 Å². The van der Waals surface area contributed by atoms with Crippen LogP contribution >= 0.6 is 0 Å². The highest BCUT2D eigenvalue weighted by Crippen LogP contribution is 2.88. The van der Waals surface area contributed by atoms with E-state index in [4.69, 9.17) is 0 Å². The molecule has 0 aliphatic heterocycles. The predicted octanol–water partition coefficient (Wildman–Crippen LogP) is 8.16. The molecule has 0 saturated heterocycles. The number of Topliss-reactive ketones (excluding diaryl/α,β-unsaturated/α-hetero) is 2. The number of rotatable bonds is 4. The van der Waals surface area contributed by atoms with Gasteiger partial charge in [0.15, 0.2) is 5.78 Å². The number of allylic oxidation sites excluding steroid dienone is 2. The van der Waals surface area contributed by atoms with Gasteiger partial charge in [-0.1, -0.05) is 142 Å². The molecular weight excluding hydrogens is 488 g/mol. The number of ketones is 2.